The quantitative estimate of drug-likeness (QED) is 0.899. The lowest BCUT2D eigenvalue weighted by Gasteiger charge is -2.16. The molecule has 0 radical (unpaired) electrons. The van der Waals surface area contributed by atoms with Crippen LogP contribution < -0.4 is 10.5 Å². The van der Waals surface area contributed by atoms with Gasteiger partial charge in [0, 0.05) is 11.6 Å². The Morgan fingerprint density at radius 3 is 2.37 bits per heavy atom. The van der Waals surface area contributed by atoms with Crippen molar-refractivity contribution in [2.75, 3.05) is 0 Å². The van der Waals surface area contributed by atoms with Crippen molar-refractivity contribution in [2.45, 2.75) is 33.4 Å². The highest BCUT2D eigenvalue weighted by Crippen LogP contribution is 2.28. The number of aryl methyl sites for hydroxylation is 2. The van der Waals surface area contributed by atoms with Gasteiger partial charge in [-0.15, -0.1) is 0 Å². The molecule has 2 aromatic carbocycles. The van der Waals surface area contributed by atoms with Crippen molar-refractivity contribution in [1.29, 1.82) is 0 Å². The largest absolute Gasteiger partial charge is 0.488 e. The van der Waals surface area contributed by atoms with Gasteiger partial charge in [-0.3, -0.25) is 0 Å². The van der Waals surface area contributed by atoms with Crippen molar-refractivity contribution in [3.05, 3.63) is 64.7 Å². The second kappa shape index (κ2) is 5.89. The molecular formula is C17H21NO. The third-order valence-electron chi connectivity index (χ3n) is 3.24. The van der Waals surface area contributed by atoms with Crippen LogP contribution in [-0.4, -0.2) is 0 Å². The van der Waals surface area contributed by atoms with Crippen molar-refractivity contribution >= 4 is 0 Å². The van der Waals surface area contributed by atoms with E-state index in [0.29, 0.717) is 6.61 Å². The highest BCUT2D eigenvalue weighted by atomic mass is 16.5. The Morgan fingerprint density at radius 1 is 1.05 bits per heavy atom. The zero-order valence-electron chi connectivity index (χ0n) is 11.8. The summed E-state index contributed by atoms with van der Waals surface area (Å²) in [6, 6.07) is 14.5. The summed E-state index contributed by atoms with van der Waals surface area (Å²) in [7, 11) is 0. The first-order valence-electron chi connectivity index (χ1n) is 6.61. The van der Waals surface area contributed by atoms with Crippen molar-refractivity contribution < 1.29 is 4.74 Å². The van der Waals surface area contributed by atoms with Crippen LogP contribution in [0.3, 0.4) is 0 Å². The highest BCUT2D eigenvalue weighted by Gasteiger charge is 2.10. The highest BCUT2D eigenvalue weighted by molar-refractivity contribution is 5.42. The van der Waals surface area contributed by atoms with Crippen LogP contribution in [0, 0.1) is 13.8 Å². The van der Waals surface area contributed by atoms with Crippen molar-refractivity contribution in [1.82, 2.24) is 0 Å². The van der Waals surface area contributed by atoms with Crippen LogP contribution >= 0.6 is 0 Å². The normalized spacial score (nSPS) is 12.2. The molecule has 0 aliphatic heterocycles. The van der Waals surface area contributed by atoms with Gasteiger partial charge in [-0.05, 0) is 31.9 Å². The smallest absolute Gasteiger partial charge is 0.127 e. The van der Waals surface area contributed by atoms with Gasteiger partial charge >= 0.3 is 0 Å². The lowest BCUT2D eigenvalue weighted by molar-refractivity contribution is 0.299. The van der Waals surface area contributed by atoms with Gasteiger partial charge in [-0.25, -0.2) is 0 Å². The van der Waals surface area contributed by atoms with Crippen LogP contribution in [-0.2, 0) is 6.61 Å². The molecule has 0 heterocycles. The van der Waals surface area contributed by atoms with Gasteiger partial charge in [0.15, 0.2) is 0 Å². The van der Waals surface area contributed by atoms with Crippen LogP contribution in [0.1, 0.15) is 35.2 Å². The second-order valence-electron chi connectivity index (χ2n) is 5.06. The monoisotopic (exact) mass is 255 g/mol. The molecule has 0 spiro atoms. The Balaban J connectivity index is 2.17. The van der Waals surface area contributed by atoms with Crippen molar-refractivity contribution in [3.63, 3.8) is 0 Å². The fraction of sp³-hybridized carbons (Fsp3) is 0.294. The van der Waals surface area contributed by atoms with E-state index in [4.69, 9.17) is 10.5 Å². The topological polar surface area (TPSA) is 35.2 Å². The van der Waals surface area contributed by atoms with Crippen LogP contribution in [0.2, 0.25) is 0 Å². The van der Waals surface area contributed by atoms with E-state index in [1.165, 1.54) is 11.1 Å². The van der Waals surface area contributed by atoms with E-state index in [1.807, 2.05) is 19.1 Å². The van der Waals surface area contributed by atoms with E-state index in [-0.39, 0.29) is 6.04 Å². The number of rotatable bonds is 4. The lowest BCUT2D eigenvalue weighted by Crippen LogP contribution is -2.09. The zero-order chi connectivity index (χ0) is 13.8. The van der Waals surface area contributed by atoms with Gasteiger partial charge in [0.1, 0.15) is 12.4 Å². The lowest BCUT2D eigenvalue weighted by atomic mass is 10.0. The van der Waals surface area contributed by atoms with Crippen LogP contribution in [0.15, 0.2) is 42.5 Å². The molecule has 19 heavy (non-hydrogen) atoms. The minimum Gasteiger partial charge on any atom is -0.488 e. The minimum absolute atomic E-state index is 0.0204. The number of benzene rings is 2. The Bertz CT molecular complexity index is 544. The molecule has 0 saturated carbocycles. The van der Waals surface area contributed by atoms with E-state index in [2.05, 4.69) is 44.2 Å². The molecule has 2 N–H and O–H groups in total. The molecule has 2 aromatic rings. The molecule has 0 aliphatic rings. The molecular weight excluding hydrogens is 234 g/mol. The summed E-state index contributed by atoms with van der Waals surface area (Å²) in [5.41, 5.74) is 10.6. The van der Waals surface area contributed by atoms with Gasteiger partial charge in [0.05, 0.1) is 0 Å². The summed E-state index contributed by atoms with van der Waals surface area (Å²) in [6.45, 7) is 6.69. The SMILES string of the molecule is Cc1ccc(COc2c(C)cccc2C(C)N)cc1. The fourth-order valence-corrected chi connectivity index (χ4v) is 2.07. The Morgan fingerprint density at radius 2 is 1.74 bits per heavy atom. The van der Waals surface area contributed by atoms with Crippen LogP contribution in [0.4, 0.5) is 0 Å². The van der Waals surface area contributed by atoms with Crippen molar-refractivity contribution in [3.8, 4) is 5.75 Å². The van der Waals surface area contributed by atoms with E-state index in [9.17, 15) is 0 Å². The molecule has 0 aliphatic carbocycles. The van der Waals surface area contributed by atoms with Gasteiger partial charge in [-0.2, -0.15) is 0 Å². The predicted molar refractivity (Wildman–Crippen MR) is 79.3 cm³/mol. The molecule has 100 valence electrons. The number of ether oxygens (including phenoxy) is 1. The molecule has 0 fully saturated rings. The standard InChI is InChI=1S/C17H21NO/c1-12-7-9-15(10-8-12)11-19-17-13(2)5-4-6-16(17)14(3)18/h4-10,14H,11,18H2,1-3H3. The van der Waals surface area contributed by atoms with Crippen LogP contribution in [0.5, 0.6) is 5.75 Å². The van der Waals surface area contributed by atoms with Gasteiger partial charge in [0.25, 0.3) is 0 Å². The molecule has 0 amide bonds. The third-order valence-corrected chi connectivity index (χ3v) is 3.24. The molecule has 1 unspecified atom stereocenters. The maximum absolute atomic E-state index is 5.99. The number of hydrogen-bond acceptors (Lipinski definition) is 2. The first-order chi connectivity index (χ1) is 9.08. The summed E-state index contributed by atoms with van der Waals surface area (Å²) in [6.07, 6.45) is 0. The summed E-state index contributed by atoms with van der Waals surface area (Å²) >= 11 is 0. The average molecular weight is 255 g/mol. The summed E-state index contributed by atoms with van der Waals surface area (Å²) in [5.74, 6) is 0.915. The Labute approximate surface area is 115 Å². The predicted octanol–water partition coefficient (Wildman–Crippen LogP) is 3.90. The summed E-state index contributed by atoms with van der Waals surface area (Å²) in [4.78, 5) is 0. The second-order valence-corrected chi connectivity index (χ2v) is 5.06. The molecule has 0 saturated heterocycles. The fourth-order valence-electron chi connectivity index (χ4n) is 2.07. The van der Waals surface area contributed by atoms with Crippen molar-refractivity contribution in [2.24, 2.45) is 5.73 Å². The zero-order valence-corrected chi connectivity index (χ0v) is 11.8. The molecule has 2 heteroatoms. The summed E-state index contributed by atoms with van der Waals surface area (Å²) in [5, 5.41) is 0. The molecule has 1 atom stereocenters. The first-order valence-corrected chi connectivity index (χ1v) is 6.61. The van der Waals surface area contributed by atoms with E-state index < -0.39 is 0 Å². The summed E-state index contributed by atoms with van der Waals surface area (Å²) < 4.78 is 5.98. The maximum atomic E-state index is 5.99. The molecule has 0 bridgehead atoms. The third kappa shape index (κ3) is 3.36. The Hall–Kier alpha value is -1.80. The number of para-hydroxylation sites is 1. The molecule has 0 aromatic heterocycles. The van der Waals surface area contributed by atoms with E-state index >= 15 is 0 Å². The number of hydrogen-bond donors (Lipinski definition) is 1. The van der Waals surface area contributed by atoms with Crippen LogP contribution in [0.25, 0.3) is 0 Å². The molecule has 2 rings (SSSR count). The minimum atomic E-state index is -0.0204. The van der Waals surface area contributed by atoms with E-state index in [0.717, 1.165) is 16.9 Å². The Kier molecular flexibility index (Phi) is 4.23. The van der Waals surface area contributed by atoms with Gasteiger partial charge < -0.3 is 10.5 Å². The van der Waals surface area contributed by atoms with Gasteiger partial charge in [0.2, 0.25) is 0 Å². The molecule has 2 nitrogen and oxygen atoms in total. The van der Waals surface area contributed by atoms with Gasteiger partial charge in [-0.1, -0.05) is 48.0 Å². The maximum Gasteiger partial charge on any atom is 0.127 e. The first kappa shape index (κ1) is 13.6. The number of nitrogens with two attached hydrogens (primary N) is 1. The van der Waals surface area contributed by atoms with E-state index in [1.54, 1.807) is 0 Å². The average Bonchev–Trinajstić information content (AvgIpc) is 2.39.